The molecular weight excluding hydrogens is 374 g/mol. The average Bonchev–Trinajstić information content (AvgIpc) is 3.35. The van der Waals surface area contributed by atoms with Gasteiger partial charge in [-0.1, -0.05) is 18.2 Å². The van der Waals surface area contributed by atoms with E-state index < -0.39 is 0 Å². The minimum Gasteiger partial charge on any atom is -0.497 e. The molecule has 146 valence electrons. The summed E-state index contributed by atoms with van der Waals surface area (Å²) in [6.45, 7) is 1.54. The number of hydrogen-bond acceptors (Lipinski definition) is 6. The van der Waals surface area contributed by atoms with Gasteiger partial charge in [0, 0.05) is 18.2 Å². The molecule has 1 fully saturated rings. The average molecular weight is 398 g/mol. The molecular formula is C20H23N5O2S. The summed E-state index contributed by atoms with van der Waals surface area (Å²) in [4.78, 5) is 2.36. The van der Waals surface area contributed by atoms with E-state index in [1.807, 2.05) is 42.5 Å². The van der Waals surface area contributed by atoms with E-state index in [2.05, 4.69) is 21.4 Å². The monoisotopic (exact) mass is 397 g/mol. The highest BCUT2D eigenvalue weighted by Gasteiger charge is 2.29. The van der Waals surface area contributed by atoms with Crippen molar-refractivity contribution >= 4 is 12.2 Å². The summed E-state index contributed by atoms with van der Waals surface area (Å²) in [6, 6.07) is 16.0. The van der Waals surface area contributed by atoms with Gasteiger partial charge in [-0.3, -0.25) is 4.90 Å². The van der Waals surface area contributed by atoms with Crippen LogP contribution in [0.15, 0.2) is 48.5 Å². The van der Waals surface area contributed by atoms with Crippen LogP contribution in [0, 0.1) is 4.77 Å². The number of likely N-dealkylation sites (tertiary alicyclic amines) is 1. The number of hydrogen-bond donors (Lipinski definition) is 0. The molecule has 0 bridgehead atoms. The minimum absolute atomic E-state index is 0.217. The first kappa shape index (κ1) is 18.6. The fourth-order valence-corrected chi connectivity index (χ4v) is 3.95. The van der Waals surface area contributed by atoms with Crippen LogP contribution in [-0.2, 0) is 6.67 Å². The van der Waals surface area contributed by atoms with Crippen molar-refractivity contribution in [3.05, 3.63) is 58.9 Å². The highest BCUT2D eigenvalue weighted by molar-refractivity contribution is 7.71. The van der Waals surface area contributed by atoms with Crippen molar-refractivity contribution in [1.82, 2.24) is 24.7 Å². The molecule has 0 N–H and O–H groups in total. The molecule has 1 saturated heterocycles. The first-order valence-electron chi connectivity index (χ1n) is 9.25. The Morgan fingerprint density at radius 3 is 2.64 bits per heavy atom. The molecule has 2 aromatic carbocycles. The number of tetrazole rings is 1. The van der Waals surface area contributed by atoms with Crippen LogP contribution in [0.3, 0.4) is 0 Å². The molecule has 7 nitrogen and oxygen atoms in total. The molecule has 2 heterocycles. The fraction of sp³-hybridized carbons (Fsp3) is 0.350. The number of benzene rings is 2. The molecule has 1 aliphatic heterocycles. The maximum Gasteiger partial charge on any atom is 0.221 e. The largest absolute Gasteiger partial charge is 0.497 e. The van der Waals surface area contributed by atoms with Crippen molar-refractivity contribution in [1.29, 1.82) is 0 Å². The van der Waals surface area contributed by atoms with E-state index in [4.69, 9.17) is 21.7 Å². The first-order chi connectivity index (χ1) is 13.7. The van der Waals surface area contributed by atoms with E-state index >= 15 is 0 Å². The van der Waals surface area contributed by atoms with Crippen LogP contribution in [0.1, 0.15) is 24.4 Å². The summed E-state index contributed by atoms with van der Waals surface area (Å²) in [6.07, 6.45) is 2.15. The molecule has 1 atom stereocenters. The number of ether oxygens (including phenoxy) is 2. The van der Waals surface area contributed by atoms with Crippen molar-refractivity contribution in [2.75, 3.05) is 20.8 Å². The molecule has 0 radical (unpaired) electrons. The van der Waals surface area contributed by atoms with Gasteiger partial charge in [-0.15, -0.1) is 0 Å². The summed E-state index contributed by atoms with van der Waals surface area (Å²) in [5.41, 5.74) is 2.03. The lowest BCUT2D eigenvalue weighted by Gasteiger charge is -2.26. The predicted molar refractivity (Wildman–Crippen MR) is 108 cm³/mol. The second-order valence-corrected chi connectivity index (χ2v) is 7.09. The van der Waals surface area contributed by atoms with E-state index in [0.29, 0.717) is 11.4 Å². The van der Waals surface area contributed by atoms with Crippen LogP contribution in [0.5, 0.6) is 11.5 Å². The lowest BCUT2D eigenvalue weighted by atomic mass is 10.0. The maximum atomic E-state index is 5.62. The van der Waals surface area contributed by atoms with Crippen LogP contribution in [-0.4, -0.2) is 45.5 Å². The number of rotatable bonds is 6. The quantitative estimate of drug-likeness (QED) is 0.592. The topological polar surface area (TPSA) is 57.3 Å². The van der Waals surface area contributed by atoms with E-state index in [9.17, 15) is 0 Å². The van der Waals surface area contributed by atoms with Gasteiger partial charge in [0.15, 0.2) is 0 Å². The standard InChI is InChI=1S/C20H23N5O2S/c1-26-16-10-11-19(27-2)17(13-16)18-9-6-12-23(18)14-24-20(28)25(22-21-24)15-7-4-3-5-8-15/h3-5,7-8,10-11,13,18H,6,9,12,14H2,1-2H3/t18-/m0/s1. The van der Waals surface area contributed by atoms with E-state index in [-0.39, 0.29) is 6.04 Å². The van der Waals surface area contributed by atoms with Gasteiger partial charge in [0.1, 0.15) is 11.5 Å². The zero-order valence-corrected chi connectivity index (χ0v) is 16.8. The molecule has 0 amide bonds. The Hall–Kier alpha value is -2.71. The van der Waals surface area contributed by atoms with Gasteiger partial charge in [0.2, 0.25) is 4.77 Å². The van der Waals surface area contributed by atoms with Crippen molar-refractivity contribution in [3.8, 4) is 17.2 Å². The van der Waals surface area contributed by atoms with Gasteiger partial charge in [-0.25, -0.2) is 4.68 Å². The fourth-order valence-electron chi connectivity index (χ4n) is 3.71. The summed E-state index contributed by atoms with van der Waals surface area (Å²) < 4.78 is 15.1. The third-order valence-corrected chi connectivity index (χ3v) is 5.50. The van der Waals surface area contributed by atoms with E-state index in [1.54, 1.807) is 23.6 Å². The van der Waals surface area contributed by atoms with Gasteiger partial charge < -0.3 is 9.47 Å². The molecule has 0 spiro atoms. The Morgan fingerprint density at radius 2 is 1.89 bits per heavy atom. The van der Waals surface area contributed by atoms with Gasteiger partial charge in [-0.2, -0.15) is 4.68 Å². The third kappa shape index (κ3) is 3.53. The molecule has 0 saturated carbocycles. The van der Waals surface area contributed by atoms with E-state index in [1.165, 1.54) is 0 Å². The second-order valence-electron chi connectivity index (χ2n) is 6.73. The predicted octanol–water partition coefficient (Wildman–Crippen LogP) is 3.61. The SMILES string of the molecule is COc1ccc(OC)c([C@@H]2CCCN2Cn2nnn(-c3ccccc3)c2=S)c1. The molecule has 3 aromatic rings. The van der Waals surface area contributed by atoms with Crippen LogP contribution in [0.2, 0.25) is 0 Å². The molecule has 0 aliphatic carbocycles. The minimum atomic E-state index is 0.217. The zero-order valence-electron chi connectivity index (χ0n) is 16.0. The zero-order chi connectivity index (χ0) is 19.5. The Labute approximate surface area is 169 Å². The van der Waals surface area contributed by atoms with Crippen LogP contribution in [0.4, 0.5) is 0 Å². The van der Waals surface area contributed by atoms with Crippen molar-refractivity contribution in [3.63, 3.8) is 0 Å². The highest BCUT2D eigenvalue weighted by atomic mass is 32.1. The Morgan fingerprint density at radius 1 is 1.07 bits per heavy atom. The Balaban J connectivity index is 1.61. The van der Waals surface area contributed by atoms with Gasteiger partial charge in [0.05, 0.1) is 26.6 Å². The van der Waals surface area contributed by atoms with Crippen LogP contribution >= 0.6 is 12.2 Å². The molecule has 1 aliphatic rings. The summed E-state index contributed by atoms with van der Waals surface area (Å²) in [5, 5.41) is 8.53. The summed E-state index contributed by atoms with van der Waals surface area (Å²) in [5.74, 6) is 1.70. The van der Waals surface area contributed by atoms with Gasteiger partial charge in [-0.05, 0) is 65.8 Å². The van der Waals surface area contributed by atoms with Crippen LogP contribution < -0.4 is 9.47 Å². The van der Waals surface area contributed by atoms with Crippen molar-refractivity contribution in [2.24, 2.45) is 0 Å². The smallest absolute Gasteiger partial charge is 0.221 e. The number of para-hydroxylation sites is 1. The Bertz CT molecular complexity index is 1000. The number of aromatic nitrogens is 4. The normalized spacial score (nSPS) is 17.0. The summed E-state index contributed by atoms with van der Waals surface area (Å²) in [7, 11) is 3.38. The maximum absolute atomic E-state index is 5.62. The lowest BCUT2D eigenvalue weighted by molar-refractivity contribution is 0.185. The molecule has 0 unspecified atom stereocenters. The molecule has 1 aromatic heterocycles. The number of methoxy groups -OCH3 is 2. The first-order valence-corrected chi connectivity index (χ1v) is 9.66. The van der Waals surface area contributed by atoms with Gasteiger partial charge >= 0.3 is 0 Å². The number of nitrogens with zero attached hydrogens (tertiary/aromatic N) is 5. The summed E-state index contributed by atoms with van der Waals surface area (Å²) >= 11 is 5.62. The molecule has 28 heavy (non-hydrogen) atoms. The molecule has 8 heteroatoms. The van der Waals surface area contributed by atoms with Crippen LogP contribution in [0.25, 0.3) is 5.69 Å². The van der Waals surface area contributed by atoms with Gasteiger partial charge in [0.25, 0.3) is 0 Å². The Kier molecular flexibility index (Phi) is 5.40. The third-order valence-electron chi connectivity index (χ3n) is 5.12. The highest BCUT2D eigenvalue weighted by Crippen LogP contribution is 2.39. The lowest BCUT2D eigenvalue weighted by Crippen LogP contribution is -2.27. The second kappa shape index (κ2) is 8.12. The van der Waals surface area contributed by atoms with Crippen molar-refractivity contribution in [2.45, 2.75) is 25.6 Å². The molecule has 4 rings (SSSR count). The van der Waals surface area contributed by atoms with Crippen molar-refractivity contribution < 1.29 is 9.47 Å². The van der Waals surface area contributed by atoms with E-state index in [0.717, 1.165) is 42.1 Å².